The molecule has 2 heterocycles. The Morgan fingerprint density at radius 2 is 2.00 bits per heavy atom. The Kier molecular flexibility index (Phi) is 4.92. The van der Waals surface area contributed by atoms with Gasteiger partial charge in [0, 0.05) is 36.2 Å². The number of carboxylic acids is 1. The van der Waals surface area contributed by atoms with Gasteiger partial charge in [-0.1, -0.05) is 0 Å². The second-order valence-corrected chi connectivity index (χ2v) is 6.15. The van der Waals surface area contributed by atoms with E-state index in [4.69, 9.17) is 5.11 Å². The first kappa shape index (κ1) is 16.9. The molecule has 0 radical (unpaired) electrons. The molecule has 1 saturated heterocycles. The molecule has 1 aromatic carbocycles. The van der Waals surface area contributed by atoms with Gasteiger partial charge in [-0.2, -0.15) is 0 Å². The Hall–Kier alpha value is -2.96. The molecular weight excluding hydrogens is 320 g/mol. The van der Waals surface area contributed by atoms with E-state index >= 15 is 0 Å². The summed E-state index contributed by atoms with van der Waals surface area (Å²) in [6.45, 7) is 2.73. The van der Waals surface area contributed by atoms with Crippen LogP contribution in [0.5, 0.6) is 0 Å². The number of urea groups is 1. The summed E-state index contributed by atoms with van der Waals surface area (Å²) >= 11 is 0. The molecule has 0 spiro atoms. The molecule has 1 aromatic heterocycles. The lowest BCUT2D eigenvalue weighted by molar-refractivity contribution is -0.143. The summed E-state index contributed by atoms with van der Waals surface area (Å²) in [5, 5.41) is 11.9. The monoisotopic (exact) mass is 340 g/mol. The van der Waals surface area contributed by atoms with Crippen LogP contribution in [0.15, 0.2) is 36.5 Å². The summed E-state index contributed by atoms with van der Waals surface area (Å²) in [6, 6.07) is 8.84. The molecule has 1 unspecified atom stereocenters. The molecule has 3 rings (SSSR count). The fourth-order valence-electron chi connectivity index (χ4n) is 2.86. The number of anilines is 1. The average Bonchev–Trinajstić information content (AvgIpc) is 2.62. The van der Waals surface area contributed by atoms with Crippen LogP contribution in [0.1, 0.15) is 18.5 Å². The van der Waals surface area contributed by atoms with Crippen LogP contribution >= 0.6 is 0 Å². The second-order valence-electron chi connectivity index (χ2n) is 6.15. The molecule has 25 heavy (non-hydrogen) atoms. The maximum Gasteiger partial charge on any atom is 0.321 e. The first-order valence-corrected chi connectivity index (χ1v) is 8.22. The number of carboxylic acid groups (broad SMARTS) is 1. The summed E-state index contributed by atoms with van der Waals surface area (Å²) < 4.78 is 0. The van der Waals surface area contributed by atoms with Gasteiger partial charge in [0.05, 0.1) is 5.92 Å². The topological polar surface area (TPSA) is 95.4 Å². The third-order valence-corrected chi connectivity index (χ3v) is 4.25. The molecule has 2 aromatic rings. The van der Waals surface area contributed by atoms with Crippen molar-refractivity contribution >= 4 is 17.7 Å². The molecule has 7 nitrogen and oxygen atoms in total. The molecule has 0 aliphatic carbocycles. The minimum Gasteiger partial charge on any atom is -0.481 e. The van der Waals surface area contributed by atoms with Crippen molar-refractivity contribution < 1.29 is 14.7 Å². The van der Waals surface area contributed by atoms with Crippen molar-refractivity contribution in [3.63, 3.8) is 0 Å². The van der Waals surface area contributed by atoms with Crippen LogP contribution in [-0.4, -0.2) is 45.1 Å². The Bertz CT molecular complexity index is 776. The fraction of sp³-hybridized carbons (Fsp3) is 0.333. The molecule has 2 N–H and O–H groups in total. The van der Waals surface area contributed by atoms with Gasteiger partial charge in [-0.25, -0.2) is 14.8 Å². The second kappa shape index (κ2) is 7.29. The van der Waals surface area contributed by atoms with Gasteiger partial charge in [-0.05, 0) is 50.1 Å². The van der Waals surface area contributed by atoms with Crippen LogP contribution in [0.3, 0.4) is 0 Å². The van der Waals surface area contributed by atoms with E-state index in [1.165, 1.54) is 0 Å². The first-order valence-electron chi connectivity index (χ1n) is 8.22. The van der Waals surface area contributed by atoms with E-state index in [1.54, 1.807) is 23.2 Å². The zero-order valence-corrected chi connectivity index (χ0v) is 14.0. The van der Waals surface area contributed by atoms with Gasteiger partial charge in [0.2, 0.25) is 0 Å². The number of hydrogen-bond acceptors (Lipinski definition) is 4. The summed E-state index contributed by atoms with van der Waals surface area (Å²) in [5.74, 6) is -0.696. The Labute approximate surface area is 145 Å². The quantitative estimate of drug-likeness (QED) is 0.896. The maximum absolute atomic E-state index is 12.3. The molecule has 0 saturated carbocycles. The molecular formula is C18H20N4O3. The number of likely N-dealkylation sites (tertiary alicyclic amines) is 1. The highest BCUT2D eigenvalue weighted by molar-refractivity contribution is 5.90. The molecule has 1 aliphatic rings. The number of aromatic nitrogens is 2. The standard InChI is InChI=1S/C18H20N4O3/c1-12-8-9-19-16(20-12)13-4-6-15(7-5-13)21-18(25)22-10-2-3-14(11-22)17(23)24/h4-9,14H,2-3,10-11H2,1H3,(H,21,25)(H,23,24). The largest absolute Gasteiger partial charge is 0.481 e. The van der Waals surface area contributed by atoms with Crippen LogP contribution in [0.2, 0.25) is 0 Å². The number of aryl methyl sites for hydroxylation is 1. The first-order chi connectivity index (χ1) is 12.0. The molecule has 1 aliphatic heterocycles. The van der Waals surface area contributed by atoms with Crippen molar-refractivity contribution in [1.29, 1.82) is 0 Å². The molecule has 1 atom stereocenters. The molecule has 130 valence electrons. The van der Waals surface area contributed by atoms with Crippen molar-refractivity contribution in [2.24, 2.45) is 5.92 Å². The van der Waals surface area contributed by atoms with E-state index in [0.717, 1.165) is 11.3 Å². The molecule has 7 heteroatoms. The minimum absolute atomic E-state index is 0.246. The third kappa shape index (κ3) is 4.12. The van der Waals surface area contributed by atoms with Crippen molar-refractivity contribution in [3.8, 4) is 11.4 Å². The lowest BCUT2D eigenvalue weighted by atomic mass is 9.99. The number of hydrogen-bond donors (Lipinski definition) is 2. The van der Waals surface area contributed by atoms with E-state index < -0.39 is 11.9 Å². The number of nitrogens with zero attached hydrogens (tertiary/aromatic N) is 3. The van der Waals surface area contributed by atoms with Gasteiger partial charge in [0.15, 0.2) is 5.82 Å². The van der Waals surface area contributed by atoms with E-state index in [-0.39, 0.29) is 12.6 Å². The average molecular weight is 340 g/mol. The number of piperidine rings is 1. The predicted octanol–water partition coefficient (Wildman–Crippen LogP) is 2.78. The third-order valence-electron chi connectivity index (χ3n) is 4.25. The lowest BCUT2D eigenvalue weighted by Crippen LogP contribution is -2.44. The summed E-state index contributed by atoms with van der Waals surface area (Å²) in [6.07, 6.45) is 3.03. The van der Waals surface area contributed by atoms with Crippen LogP contribution in [-0.2, 0) is 4.79 Å². The van der Waals surface area contributed by atoms with Gasteiger partial charge in [0.25, 0.3) is 0 Å². The smallest absolute Gasteiger partial charge is 0.321 e. The van der Waals surface area contributed by atoms with Crippen LogP contribution in [0, 0.1) is 12.8 Å². The molecule has 2 amide bonds. The normalized spacial score (nSPS) is 17.2. The number of carbonyl (C=O) groups is 2. The Morgan fingerprint density at radius 1 is 1.24 bits per heavy atom. The SMILES string of the molecule is Cc1ccnc(-c2ccc(NC(=O)N3CCCC(C(=O)O)C3)cc2)n1. The van der Waals surface area contributed by atoms with Gasteiger partial charge >= 0.3 is 12.0 Å². The number of rotatable bonds is 3. The highest BCUT2D eigenvalue weighted by atomic mass is 16.4. The van der Waals surface area contributed by atoms with Crippen LogP contribution < -0.4 is 5.32 Å². The van der Waals surface area contributed by atoms with Crippen molar-refractivity contribution in [3.05, 3.63) is 42.2 Å². The lowest BCUT2D eigenvalue weighted by Gasteiger charge is -2.30. The van der Waals surface area contributed by atoms with E-state index in [1.807, 2.05) is 25.1 Å². The summed E-state index contributed by atoms with van der Waals surface area (Å²) in [7, 11) is 0. The fourth-order valence-corrected chi connectivity index (χ4v) is 2.86. The Morgan fingerprint density at radius 3 is 2.68 bits per heavy atom. The van der Waals surface area contributed by atoms with Gasteiger partial charge in [0.1, 0.15) is 0 Å². The molecule has 1 fully saturated rings. The van der Waals surface area contributed by atoms with Crippen LogP contribution in [0.4, 0.5) is 10.5 Å². The Balaban J connectivity index is 1.65. The van der Waals surface area contributed by atoms with Crippen LogP contribution in [0.25, 0.3) is 11.4 Å². The maximum atomic E-state index is 12.3. The zero-order chi connectivity index (χ0) is 17.8. The van der Waals surface area contributed by atoms with E-state index in [2.05, 4.69) is 15.3 Å². The number of carbonyl (C=O) groups excluding carboxylic acids is 1. The van der Waals surface area contributed by atoms with E-state index in [9.17, 15) is 9.59 Å². The number of amides is 2. The highest BCUT2D eigenvalue weighted by Gasteiger charge is 2.28. The highest BCUT2D eigenvalue weighted by Crippen LogP contribution is 2.20. The van der Waals surface area contributed by atoms with Crippen molar-refractivity contribution in [1.82, 2.24) is 14.9 Å². The van der Waals surface area contributed by atoms with Crippen molar-refractivity contribution in [2.75, 3.05) is 18.4 Å². The van der Waals surface area contributed by atoms with Gasteiger partial charge in [-0.3, -0.25) is 4.79 Å². The van der Waals surface area contributed by atoms with Gasteiger partial charge < -0.3 is 15.3 Å². The number of benzene rings is 1. The summed E-state index contributed by atoms with van der Waals surface area (Å²) in [4.78, 5) is 33.6. The molecule has 0 bridgehead atoms. The zero-order valence-electron chi connectivity index (χ0n) is 14.0. The van der Waals surface area contributed by atoms with E-state index in [0.29, 0.717) is 30.9 Å². The summed E-state index contributed by atoms with van der Waals surface area (Å²) in [5.41, 5.74) is 2.41. The van der Waals surface area contributed by atoms with Crippen molar-refractivity contribution in [2.45, 2.75) is 19.8 Å². The predicted molar refractivity (Wildman–Crippen MR) is 93.2 cm³/mol. The number of nitrogens with one attached hydrogen (secondary N) is 1. The number of aliphatic carboxylic acids is 1. The minimum atomic E-state index is -0.847. The van der Waals surface area contributed by atoms with Gasteiger partial charge in [-0.15, -0.1) is 0 Å².